The quantitative estimate of drug-likeness (QED) is 0.586. The molecule has 0 aliphatic rings. The fraction of sp³-hybridized carbons (Fsp3) is 0.800. The molecule has 0 rings (SSSR count). The molecule has 1 N–H and O–H groups in total. The fourth-order valence-corrected chi connectivity index (χ4v) is 1.22. The van der Waals surface area contributed by atoms with Gasteiger partial charge in [-0.2, -0.15) is 0 Å². The monoisotopic (exact) mass is 156 g/mol. The summed E-state index contributed by atoms with van der Waals surface area (Å²) in [5.41, 5.74) is 0. The molecule has 0 radical (unpaired) electrons. The van der Waals surface area contributed by atoms with Gasteiger partial charge >= 0.3 is 0 Å². The lowest BCUT2D eigenvalue weighted by molar-refractivity contribution is 0.104. The normalized spacial score (nSPS) is 15.9. The first-order valence-corrected chi connectivity index (χ1v) is 4.51. The van der Waals surface area contributed by atoms with Gasteiger partial charge in [0.1, 0.15) is 0 Å². The summed E-state index contributed by atoms with van der Waals surface area (Å²) in [7, 11) is 0. The molecule has 0 aromatic carbocycles. The summed E-state index contributed by atoms with van der Waals surface area (Å²) in [6, 6.07) is 0. The van der Waals surface area contributed by atoms with Gasteiger partial charge in [-0.1, -0.05) is 26.3 Å². The Balaban J connectivity index is 3.45. The van der Waals surface area contributed by atoms with Gasteiger partial charge in [-0.15, -0.1) is 6.58 Å². The predicted octanol–water partition coefficient (Wildman–Crippen LogP) is 2.75. The van der Waals surface area contributed by atoms with Gasteiger partial charge < -0.3 is 5.11 Å². The lowest BCUT2D eigenvalue weighted by atomic mass is 9.96. The van der Waals surface area contributed by atoms with Crippen molar-refractivity contribution in [1.82, 2.24) is 0 Å². The maximum Gasteiger partial charge on any atom is 0.0568 e. The van der Waals surface area contributed by atoms with E-state index >= 15 is 0 Å². The molecular weight excluding hydrogens is 136 g/mol. The topological polar surface area (TPSA) is 20.2 Å². The van der Waals surface area contributed by atoms with Crippen LogP contribution in [0.4, 0.5) is 0 Å². The molecule has 0 aliphatic heterocycles. The Morgan fingerprint density at radius 3 is 2.55 bits per heavy atom. The minimum absolute atomic E-state index is 0.132. The van der Waals surface area contributed by atoms with E-state index in [0.29, 0.717) is 5.92 Å². The van der Waals surface area contributed by atoms with Crippen LogP contribution < -0.4 is 0 Å². The minimum Gasteiger partial charge on any atom is -0.393 e. The summed E-state index contributed by atoms with van der Waals surface area (Å²) in [6.45, 7) is 7.88. The van der Waals surface area contributed by atoms with Gasteiger partial charge in [0.15, 0.2) is 0 Å². The zero-order valence-corrected chi connectivity index (χ0v) is 7.71. The van der Waals surface area contributed by atoms with Crippen LogP contribution in [-0.4, -0.2) is 11.2 Å². The number of rotatable bonds is 6. The van der Waals surface area contributed by atoms with E-state index in [1.165, 1.54) is 0 Å². The molecule has 1 heteroatoms. The Bertz CT molecular complexity index is 99.0. The molecule has 66 valence electrons. The van der Waals surface area contributed by atoms with Gasteiger partial charge in [0.05, 0.1) is 6.10 Å². The van der Waals surface area contributed by atoms with E-state index in [9.17, 15) is 5.11 Å². The maximum atomic E-state index is 9.53. The van der Waals surface area contributed by atoms with Crippen molar-refractivity contribution in [3.05, 3.63) is 12.7 Å². The van der Waals surface area contributed by atoms with Gasteiger partial charge in [-0.3, -0.25) is 0 Å². The minimum atomic E-state index is -0.132. The van der Waals surface area contributed by atoms with Crippen molar-refractivity contribution < 1.29 is 5.11 Å². The second-order valence-corrected chi connectivity index (χ2v) is 3.20. The molecule has 0 heterocycles. The highest BCUT2D eigenvalue weighted by Crippen LogP contribution is 2.14. The van der Waals surface area contributed by atoms with E-state index in [4.69, 9.17) is 0 Å². The molecule has 0 aliphatic carbocycles. The second kappa shape index (κ2) is 6.41. The highest BCUT2D eigenvalue weighted by atomic mass is 16.3. The number of hydrogen-bond acceptors (Lipinski definition) is 1. The largest absolute Gasteiger partial charge is 0.393 e. The van der Waals surface area contributed by atoms with Crippen LogP contribution >= 0.6 is 0 Å². The SMILES string of the molecule is C=CCCC(O)C(C)CCC. The molecule has 0 saturated heterocycles. The molecule has 11 heavy (non-hydrogen) atoms. The van der Waals surface area contributed by atoms with Crippen LogP contribution in [-0.2, 0) is 0 Å². The lowest BCUT2D eigenvalue weighted by Crippen LogP contribution is -2.16. The van der Waals surface area contributed by atoms with Crippen LogP contribution in [0, 0.1) is 5.92 Å². The zero-order chi connectivity index (χ0) is 8.69. The van der Waals surface area contributed by atoms with Crippen LogP contribution in [0.25, 0.3) is 0 Å². The van der Waals surface area contributed by atoms with Crippen LogP contribution in [0.2, 0.25) is 0 Å². The number of aliphatic hydroxyl groups is 1. The summed E-state index contributed by atoms with van der Waals surface area (Å²) in [4.78, 5) is 0. The van der Waals surface area contributed by atoms with Crippen LogP contribution in [0.1, 0.15) is 39.5 Å². The van der Waals surface area contributed by atoms with Crippen molar-refractivity contribution in [3.63, 3.8) is 0 Å². The predicted molar refractivity (Wildman–Crippen MR) is 49.5 cm³/mol. The molecule has 0 saturated carbocycles. The Morgan fingerprint density at radius 1 is 1.45 bits per heavy atom. The smallest absolute Gasteiger partial charge is 0.0568 e. The van der Waals surface area contributed by atoms with Crippen molar-refractivity contribution in [2.75, 3.05) is 0 Å². The molecule has 1 nitrogen and oxygen atoms in total. The third-order valence-electron chi connectivity index (χ3n) is 2.07. The van der Waals surface area contributed by atoms with Crippen LogP contribution in [0.15, 0.2) is 12.7 Å². The van der Waals surface area contributed by atoms with Gasteiger partial charge in [-0.25, -0.2) is 0 Å². The van der Waals surface area contributed by atoms with E-state index in [2.05, 4.69) is 20.4 Å². The standard InChI is InChI=1S/C10H20O/c1-4-6-8-10(11)9(3)7-5-2/h4,9-11H,1,5-8H2,2-3H3. The molecule has 2 atom stereocenters. The Hall–Kier alpha value is -0.300. The van der Waals surface area contributed by atoms with Crippen molar-refractivity contribution in [2.45, 2.75) is 45.6 Å². The maximum absolute atomic E-state index is 9.53. The van der Waals surface area contributed by atoms with Crippen molar-refractivity contribution in [2.24, 2.45) is 5.92 Å². The summed E-state index contributed by atoms with van der Waals surface area (Å²) < 4.78 is 0. The number of aliphatic hydroxyl groups excluding tert-OH is 1. The van der Waals surface area contributed by atoms with Gasteiger partial charge in [-0.05, 0) is 25.2 Å². The second-order valence-electron chi connectivity index (χ2n) is 3.20. The first kappa shape index (κ1) is 10.7. The van der Waals surface area contributed by atoms with E-state index < -0.39 is 0 Å². The first-order valence-electron chi connectivity index (χ1n) is 4.51. The van der Waals surface area contributed by atoms with E-state index in [0.717, 1.165) is 25.7 Å². The Kier molecular flexibility index (Phi) is 6.24. The van der Waals surface area contributed by atoms with Crippen LogP contribution in [0.3, 0.4) is 0 Å². The molecule has 2 unspecified atom stereocenters. The molecular formula is C10H20O. The zero-order valence-electron chi connectivity index (χ0n) is 7.71. The summed E-state index contributed by atoms with van der Waals surface area (Å²) >= 11 is 0. The summed E-state index contributed by atoms with van der Waals surface area (Å²) in [6.07, 6.45) is 5.81. The highest BCUT2D eigenvalue weighted by molar-refractivity contribution is 4.71. The van der Waals surface area contributed by atoms with Gasteiger partial charge in [0, 0.05) is 0 Å². The fourth-order valence-electron chi connectivity index (χ4n) is 1.22. The van der Waals surface area contributed by atoms with Gasteiger partial charge in [0.25, 0.3) is 0 Å². The average molecular weight is 156 g/mol. The average Bonchev–Trinajstić information content (AvgIpc) is 2.00. The molecule has 0 spiro atoms. The number of allylic oxidation sites excluding steroid dienone is 1. The number of hydrogen-bond donors (Lipinski definition) is 1. The van der Waals surface area contributed by atoms with Crippen molar-refractivity contribution in [3.8, 4) is 0 Å². The Labute approximate surface area is 70.1 Å². The first-order chi connectivity index (χ1) is 5.22. The molecule has 0 aromatic heterocycles. The van der Waals surface area contributed by atoms with Crippen molar-refractivity contribution in [1.29, 1.82) is 0 Å². The third-order valence-corrected chi connectivity index (χ3v) is 2.07. The van der Waals surface area contributed by atoms with E-state index in [-0.39, 0.29) is 6.10 Å². The van der Waals surface area contributed by atoms with E-state index in [1.807, 2.05) is 6.08 Å². The van der Waals surface area contributed by atoms with Crippen LogP contribution in [0.5, 0.6) is 0 Å². The molecule has 0 fully saturated rings. The molecule has 0 amide bonds. The molecule has 0 bridgehead atoms. The van der Waals surface area contributed by atoms with E-state index in [1.54, 1.807) is 0 Å². The van der Waals surface area contributed by atoms with Gasteiger partial charge in [0.2, 0.25) is 0 Å². The summed E-state index contributed by atoms with van der Waals surface area (Å²) in [5, 5.41) is 9.53. The highest BCUT2D eigenvalue weighted by Gasteiger charge is 2.11. The Morgan fingerprint density at radius 2 is 2.09 bits per heavy atom. The third kappa shape index (κ3) is 5.02. The summed E-state index contributed by atoms with van der Waals surface area (Å²) in [5.74, 6) is 0.444. The lowest BCUT2D eigenvalue weighted by Gasteiger charge is -2.16. The molecule has 0 aromatic rings. The van der Waals surface area contributed by atoms with Crippen molar-refractivity contribution >= 4 is 0 Å².